The Morgan fingerprint density at radius 3 is 2.85 bits per heavy atom. The third-order valence-corrected chi connectivity index (χ3v) is 4.64. The molecule has 0 spiro atoms. The molecule has 0 bridgehead atoms. The van der Waals surface area contributed by atoms with Crippen molar-refractivity contribution in [2.24, 2.45) is 18.4 Å². The Labute approximate surface area is 123 Å². The van der Waals surface area contributed by atoms with E-state index in [9.17, 15) is 0 Å². The van der Waals surface area contributed by atoms with Crippen molar-refractivity contribution < 1.29 is 0 Å². The minimum Gasteiger partial charge on any atom is -0.317 e. The van der Waals surface area contributed by atoms with E-state index in [-0.39, 0.29) is 0 Å². The maximum atomic E-state index is 4.25. The van der Waals surface area contributed by atoms with E-state index < -0.39 is 0 Å². The van der Waals surface area contributed by atoms with Crippen molar-refractivity contribution in [2.45, 2.75) is 45.7 Å². The molecule has 4 nitrogen and oxygen atoms in total. The lowest BCUT2D eigenvalue weighted by Crippen LogP contribution is -2.45. The van der Waals surface area contributed by atoms with Crippen molar-refractivity contribution in [3.8, 4) is 0 Å². The highest BCUT2D eigenvalue weighted by molar-refractivity contribution is 5.03. The lowest BCUT2D eigenvalue weighted by molar-refractivity contribution is 0.110. The summed E-state index contributed by atoms with van der Waals surface area (Å²) in [6.07, 6.45) is 8.03. The fourth-order valence-corrected chi connectivity index (χ4v) is 3.64. The van der Waals surface area contributed by atoms with Crippen LogP contribution in [0.5, 0.6) is 0 Å². The molecule has 2 atom stereocenters. The van der Waals surface area contributed by atoms with Crippen molar-refractivity contribution in [1.29, 1.82) is 0 Å². The van der Waals surface area contributed by atoms with Crippen LogP contribution in [0.25, 0.3) is 0 Å². The first-order valence-electron chi connectivity index (χ1n) is 7.73. The van der Waals surface area contributed by atoms with Crippen LogP contribution < -0.4 is 5.32 Å². The van der Waals surface area contributed by atoms with E-state index in [1.807, 2.05) is 17.9 Å². The molecule has 1 fully saturated rings. The maximum Gasteiger partial charge on any atom is 0.0534 e. The smallest absolute Gasteiger partial charge is 0.0534 e. The minimum absolute atomic E-state index is 0.493. The Morgan fingerprint density at radius 1 is 1.50 bits per heavy atom. The normalized spacial score (nSPS) is 26.1. The highest BCUT2D eigenvalue weighted by Gasteiger charge is 2.34. The fourth-order valence-electron chi connectivity index (χ4n) is 3.64. The van der Waals surface area contributed by atoms with E-state index in [0.717, 1.165) is 19.0 Å². The summed E-state index contributed by atoms with van der Waals surface area (Å²) in [6, 6.07) is 0.666. The largest absolute Gasteiger partial charge is 0.317 e. The van der Waals surface area contributed by atoms with Crippen molar-refractivity contribution >= 4 is 0 Å². The number of rotatable bonds is 5. The van der Waals surface area contributed by atoms with Gasteiger partial charge in [-0.15, -0.1) is 0 Å². The lowest BCUT2D eigenvalue weighted by atomic mass is 9.69. The summed E-state index contributed by atoms with van der Waals surface area (Å²) in [7, 11) is 6.31. The quantitative estimate of drug-likeness (QED) is 0.897. The fraction of sp³-hybridized carbons (Fsp3) is 0.812. The second-order valence-corrected chi connectivity index (χ2v) is 7.28. The monoisotopic (exact) mass is 278 g/mol. The summed E-state index contributed by atoms with van der Waals surface area (Å²) in [5.74, 6) is 0.741. The van der Waals surface area contributed by atoms with Gasteiger partial charge in [0.1, 0.15) is 0 Å². The number of aryl methyl sites for hydroxylation is 1. The first-order chi connectivity index (χ1) is 9.39. The summed E-state index contributed by atoms with van der Waals surface area (Å²) in [5.41, 5.74) is 1.79. The third kappa shape index (κ3) is 4.06. The van der Waals surface area contributed by atoms with Crippen LogP contribution in [0, 0.1) is 11.3 Å². The van der Waals surface area contributed by atoms with Crippen LogP contribution in [0.2, 0.25) is 0 Å². The van der Waals surface area contributed by atoms with Crippen molar-refractivity contribution in [2.75, 3.05) is 20.6 Å². The molecular weight excluding hydrogens is 248 g/mol. The van der Waals surface area contributed by atoms with Crippen molar-refractivity contribution in [1.82, 2.24) is 20.0 Å². The number of hydrogen-bond acceptors (Lipinski definition) is 3. The Balaban J connectivity index is 1.92. The Bertz CT molecular complexity index is 424. The highest BCUT2D eigenvalue weighted by Crippen LogP contribution is 2.38. The van der Waals surface area contributed by atoms with Gasteiger partial charge in [0.05, 0.1) is 6.20 Å². The van der Waals surface area contributed by atoms with Crippen LogP contribution in [0.3, 0.4) is 0 Å². The van der Waals surface area contributed by atoms with Crippen molar-refractivity contribution in [3.05, 3.63) is 18.0 Å². The molecule has 0 saturated heterocycles. The summed E-state index contributed by atoms with van der Waals surface area (Å²) in [6.45, 7) is 6.96. The van der Waals surface area contributed by atoms with Gasteiger partial charge >= 0.3 is 0 Å². The molecule has 2 unspecified atom stereocenters. The van der Waals surface area contributed by atoms with E-state index in [4.69, 9.17) is 0 Å². The highest BCUT2D eigenvalue weighted by atomic mass is 15.2. The molecule has 2 rings (SSSR count). The Morgan fingerprint density at radius 2 is 2.25 bits per heavy atom. The first-order valence-corrected chi connectivity index (χ1v) is 7.73. The molecule has 0 radical (unpaired) electrons. The zero-order valence-electron chi connectivity index (χ0n) is 13.7. The summed E-state index contributed by atoms with van der Waals surface area (Å²) >= 11 is 0. The lowest BCUT2D eigenvalue weighted by Gasteiger charge is -2.42. The second kappa shape index (κ2) is 6.27. The number of nitrogens with one attached hydrogen (secondary N) is 1. The topological polar surface area (TPSA) is 33.1 Å². The van der Waals surface area contributed by atoms with Crippen LogP contribution >= 0.6 is 0 Å². The van der Waals surface area contributed by atoms with E-state index in [2.05, 4.69) is 49.5 Å². The van der Waals surface area contributed by atoms with E-state index in [1.54, 1.807) is 0 Å². The predicted molar refractivity (Wildman–Crippen MR) is 83.5 cm³/mol. The van der Waals surface area contributed by atoms with E-state index in [1.165, 1.54) is 24.8 Å². The zero-order valence-corrected chi connectivity index (χ0v) is 13.7. The van der Waals surface area contributed by atoms with Gasteiger partial charge in [0.15, 0.2) is 0 Å². The van der Waals surface area contributed by atoms with Crippen molar-refractivity contribution in [3.63, 3.8) is 0 Å². The standard InChI is InChI=1S/C16H30N4/c1-16(2)7-6-15(17-3)14(8-16)12-19(4)10-13-9-18-20(5)11-13/h9,11,14-15,17H,6-8,10,12H2,1-5H3. The molecule has 1 aliphatic rings. The van der Waals surface area contributed by atoms with Gasteiger partial charge in [-0.25, -0.2) is 0 Å². The molecule has 114 valence electrons. The Kier molecular flexibility index (Phi) is 4.86. The number of hydrogen-bond donors (Lipinski definition) is 1. The van der Waals surface area contributed by atoms with Gasteiger partial charge < -0.3 is 10.2 Å². The second-order valence-electron chi connectivity index (χ2n) is 7.28. The molecule has 0 aromatic carbocycles. The van der Waals surface area contributed by atoms with Crippen LogP contribution in [0.15, 0.2) is 12.4 Å². The summed E-state index contributed by atoms with van der Waals surface area (Å²) in [4.78, 5) is 2.44. The average molecular weight is 278 g/mol. The van der Waals surface area contributed by atoms with Gasteiger partial charge in [0.2, 0.25) is 0 Å². The van der Waals surface area contributed by atoms with Gasteiger partial charge in [0, 0.05) is 37.9 Å². The molecule has 20 heavy (non-hydrogen) atoms. The minimum atomic E-state index is 0.493. The molecular formula is C16H30N4. The van der Waals surface area contributed by atoms with Crippen LogP contribution in [0.4, 0.5) is 0 Å². The number of aromatic nitrogens is 2. The Hall–Kier alpha value is -0.870. The summed E-state index contributed by atoms with van der Waals surface area (Å²) < 4.78 is 1.88. The van der Waals surface area contributed by atoms with Gasteiger partial charge in [-0.1, -0.05) is 13.8 Å². The summed E-state index contributed by atoms with van der Waals surface area (Å²) in [5, 5.41) is 7.77. The molecule has 1 heterocycles. The molecule has 0 aliphatic heterocycles. The molecule has 1 saturated carbocycles. The maximum absolute atomic E-state index is 4.25. The molecule has 4 heteroatoms. The third-order valence-electron chi connectivity index (χ3n) is 4.64. The molecule has 1 aromatic rings. The predicted octanol–water partition coefficient (Wildman–Crippen LogP) is 2.27. The molecule has 1 aliphatic carbocycles. The average Bonchev–Trinajstić information content (AvgIpc) is 2.73. The molecule has 1 aromatic heterocycles. The van der Waals surface area contributed by atoms with Crippen LogP contribution in [0.1, 0.15) is 38.7 Å². The van der Waals surface area contributed by atoms with Crippen LogP contribution in [-0.4, -0.2) is 41.4 Å². The van der Waals surface area contributed by atoms with E-state index >= 15 is 0 Å². The van der Waals surface area contributed by atoms with E-state index in [0.29, 0.717) is 11.5 Å². The first kappa shape index (κ1) is 15.5. The van der Waals surface area contributed by atoms with Gasteiger partial charge in [-0.2, -0.15) is 5.10 Å². The number of nitrogens with zero attached hydrogens (tertiary/aromatic N) is 3. The van der Waals surface area contributed by atoms with Gasteiger partial charge in [0.25, 0.3) is 0 Å². The van der Waals surface area contributed by atoms with Crippen LogP contribution in [-0.2, 0) is 13.6 Å². The van der Waals surface area contributed by atoms with Gasteiger partial charge in [-0.3, -0.25) is 4.68 Å². The zero-order chi connectivity index (χ0) is 14.8. The SMILES string of the molecule is CNC1CCC(C)(C)CC1CN(C)Cc1cnn(C)c1. The molecule has 0 amide bonds. The molecule has 1 N–H and O–H groups in total. The van der Waals surface area contributed by atoms with Gasteiger partial charge in [-0.05, 0) is 44.7 Å².